The van der Waals surface area contributed by atoms with Gasteiger partial charge in [0.15, 0.2) is 5.82 Å². The summed E-state index contributed by atoms with van der Waals surface area (Å²) in [7, 11) is 0. The van der Waals surface area contributed by atoms with Crippen molar-refractivity contribution in [2.75, 3.05) is 10.6 Å². The Labute approximate surface area is 140 Å². The average molecular weight is 346 g/mol. The van der Waals surface area contributed by atoms with E-state index in [2.05, 4.69) is 0 Å². The first-order chi connectivity index (χ1) is 10.7. The number of nitrogen functional groups attached to an aromatic ring is 1. The van der Waals surface area contributed by atoms with Gasteiger partial charge in [-0.25, -0.2) is 18.5 Å². The Morgan fingerprint density at radius 1 is 1.17 bits per heavy atom. The molecular formula is C16H24F2N2O4. The zero-order chi connectivity index (χ0) is 18.9. The van der Waals surface area contributed by atoms with E-state index in [-0.39, 0.29) is 0 Å². The molecule has 1 aromatic carbocycles. The predicted octanol–water partition coefficient (Wildman–Crippen LogP) is 3.38. The highest BCUT2D eigenvalue weighted by Gasteiger charge is 2.34. The number of hydrogen-bond donors (Lipinski definition) is 2. The topological polar surface area (TPSA) is 85.0 Å². The van der Waals surface area contributed by atoms with Crippen molar-refractivity contribution in [3.63, 3.8) is 0 Å². The minimum Gasteiger partial charge on any atom is -0.443 e. The third-order valence-electron chi connectivity index (χ3n) is 2.60. The number of ether oxygens (including phenoxy) is 2. The van der Waals surface area contributed by atoms with Gasteiger partial charge in [0.1, 0.15) is 11.4 Å². The molecule has 0 bridgehead atoms. The molecule has 0 heterocycles. The van der Waals surface area contributed by atoms with E-state index in [1.54, 1.807) is 41.5 Å². The zero-order valence-electron chi connectivity index (χ0n) is 14.7. The first kappa shape index (κ1) is 20.1. The summed E-state index contributed by atoms with van der Waals surface area (Å²) >= 11 is 0. The molecule has 1 atom stereocenters. The number of nitrogens with two attached hydrogens (primary N) is 1. The molecule has 0 spiro atoms. The third-order valence-corrected chi connectivity index (χ3v) is 2.60. The van der Waals surface area contributed by atoms with Gasteiger partial charge in [0.05, 0.1) is 17.0 Å². The smallest absolute Gasteiger partial charge is 0.418 e. The van der Waals surface area contributed by atoms with E-state index in [4.69, 9.17) is 15.2 Å². The number of nitrogens with zero attached hydrogens (tertiary/aromatic N) is 1. The molecule has 1 amide bonds. The monoisotopic (exact) mass is 346 g/mol. The second-order valence-electron chi connectivity index (χ2n) is 7.23. The van der Waals surface area contributed by atoms with Crippen LogP contribution in [-0.2, 0) is 9.47 Å². The number of aliphatic hydroxyl groups is 1. The van der Waals surface area contributed by atoms with Crippen molar-refractivity contribution in [1.29, 1.82) is 0 Å². The van der Waals surface area contributed by atoms with Crippen LogP contribution in [0.3, 0.4) is 0 Å². The fourth-order valence-corrected chi connectivity index (χ4v) is 1.76. The Kier molecular flexibility index (Phi) is 5.78. The van der Waals surface area contributed by atoms with Gasteiger partial charge < -0.3 is 20.3 Å². The number of halogens is 2. The summed E-state index contributed by atoms with van der Waals surface area (Å²) in [6.45, 7) is 9.73. The standard InChI is InChI=1S/C16H24F2N2O4/c1-15(2,3)23-13(21)20(14(22)24-16(4,5)6)11-8-9(17)7-10(18)12(11)19/h7-8,13,21H,19H2,1-6H3. The summed E-state index contributed by atoms with van der Waals surface area (Å²) in [5.74, 6) is -2.03. The van der Waals surface area contributed by atoms with Crippen LogP contribution in [-0.4, -0.2) is 28.8 Å². The van der Waals surface area contributed by atoms with Crippen molar-refractivity contribution in [2.24, 2.45) is 0 Å². The van der Waals surface area contributed by atoms with Crippen molar-refractivity contribution >= 4 is 17.5 Å². The Balaban J connectivity index is 3.36. The summed E-state index contributed by atoms with van der Waals surface area (Å²) in [5.41, 5.74) is 2.94. The Bertz CT molecular complexity index is 609. The lowest BCUT2D eigenvalue weighted by molar-refractivity contribution is -0.163. The van der Waals surface area contributed by atoms with Crippen molar-refractivity contribution in [2.45, 2.75) is 59.2 Å². The van der Waals surface area contributed by atoms with Crippen LogP contribution in [0.4, 0.5) is 25.0 Å². The fourth-order valence-electron chi connectivity index (χ4n) is 1.76. The largest absolute Gasteiger partial charge is 0.443 e. The van der Waals surface area contributed by atoms with Crippen molar-refractivity contribution in [3.05, 3.63) is 23.8 Å². The summed E-state index contributed by atoms with van der Waals surface area (Å²) in [5, 5.41) is 10.3. The van der Waals surface area contributed by atoms with Crippen LogP contribution in [0.1, 0.15) is 41.5 Å². The van der Waals surface area contributed by atoms with E-state index in [9.17, 15) is 18.7 Å². The molecule has 1 unspecified atom stereocenters. The number of hydrogen-bond acceptors (Lipinski definition) is 5. The van der Waals surface area contributed by atoms with Crippen molar-refractivity contribution < 1.29 is 28.2 Å². The Morgan fingerprint density at radius 2 is 1.71 bits per heavy atom. The number of benzene rings is 1. The maximum Gasteiger partial charge on any atom is 0.418 e. The molecule has 8 heteroatoms. The molecule has 136 valence electrons. The number of aliphatic hydroxyl groups excluding tert-OH is 1. The van der Waals surface area contributed by atoms with E-state index in [0.29, 0.717) is 11.0 Å². The van der Waals surface area contributed by atoms with Gasteiger partial charge in [-0.1, -0.05) is 0 Å². The first-order valence-corrected chi connectivity index (χ1v) is 7.34. The first-order valence-electron chi connectivity index (χ1n) is 7.34. The lowest BCUT2D eigenvalue weighted by atomic mass is 10.2. The van der Waals surface area contributed by atoms with Gasteiger partial charge >= 0.3 is 6.09 Å². The van der Waals surface area contributed by atoms with Crippen LogP contribution in [0, 0.1) is 11.6 Å². The third kappa shape index (κ3) is 5.61. The molecule has 0 saturated carbocycles. The van der Waals surface area contributed by atoms with Crippen LogP contribution >= 0.6 is 0 Å². The van der Waals surface area contributed by atoms with Gasteiger partial charge in [-0.05, 0) is 41.5 Å². The Morgan fingerprint density at radius 3 is 2.17 bits per heavy atom. The molecule has 0 aromatic heterocycles. The molecule has 6 nitrogen and oxygen atoms in total. The molecule has 3 N–H and O–H groups in total. The second kappa shape index (κ2) is 6.90. The highest BCUT2D eigenvalue weighted by molar-refractivity contribution is 5.92. The van der Waals surface area contributed by atoms with E-state index in [1.165, 1.54) is 0 Å². The van der Waals surface area contributed by atoms with Crippen molar-refractivity contribution in [1.82, 2.24) is 0 Å². The summed E-state index contributed by atoms with van der Waals surface area (Å²) in [6.07, 6.45) is -2.92. The zero-order valence-corrected chi connectivity index (χ0v) is 14.7. The van der Waals surface area contributed by atoms with Gasteiger partial charge in [0.25, 0.3) is 0 Å². The quantitative estimate of drug-likeness (QED) is 0.647. The van der Waals surface area contributed by atoms with Crippen LogP contribution < -0.4 is 10.6 Å². The molecule has 0 aliphatic rings. The SMILES string of the molecule is CC(C)(C)OC(=O)N(c1cc(F)cc(F)c1N)C(O)OC(C)(C)C. The van der Waals surface area contributed by atoms with Crippen molar-refractivity contribution in [3.8, 4) is 0 Å². The lowest BCUT2D eigenvalue weighted by Gasteiger charge is -2.34. The fraction of sp³-hybridized carbons (Fsp3) is 0.562. The normalized spacial score (nSPS) is 13.5. The van der Waals surface area contributed by atoms with E-state index in [1.807, 2.05) is 0 Å². The highest BCUT2D eigenvalue weighted by atomic mass is 19.1. The van der Waals surface area contributed by atoms with E-state index < -0.39 is 46.7 Å². The van der Waals surface area contributed by atoms with E-state index >= 15 is 0 Å². The van der Waals surface area contributed by atoms with Gasteiger partial charge in [-0.3, -0.25) is 0 Å². The van der Waals surface area contributed by atoms with Crippen LogP contribution in [0.2, 0.25) is 0 Å². The number of amides is 1. The van der Waals surface area contributed by atoms with E-state index in [0.717, 1.165) is 6.07 Å². The molecule has 0 fully saturated rings. The van der Waals surface area contributed by atoms with Gasteiger partial charge in [-0.15, -0.1) is 0 Å². The maximum absolute atomic E-state index is 13.7. The highest BCUT2D eigenvalue weighted by Crippen LogP contribution is 2.31. The summed E-state index contributed by atoms with van der Waals surface area (Å²) in [4.78, 5) is 13.0. The van der Waals surface area contributed by atoms with Crippen LogP contribution in [0.25, 0.3) is 0 Å². The maximum atomic E-state index is 13.7. The molecule has 0 aliphatic heterocycles. The molecule has 0 saturated heterocycles. The summed E-state index contributed by atoms with van der Waals surface area (Å²) in [6, 6.07) is 1.39. The van der Waals surface area contributed by atoms with Gasteiger partial charge in [0.2, 0.25) is 6.41 Å². The molecular weight excluding hydrogens is 322 g/mol. The average Bonchev–Trinajstić information content (AvgIpc) is 2.30. The molecule has 24 heavy (non-hydrogen) atoms. The minimum absolute atomic E-state index is 0.390. The molecule has 0 radical (unpaired) electrons. The summed E-state index contributed by atoms with van der Waals surface area (Å²) < 4.78 is 37.8. The Hall–Kier alpha value is -1.93. The number of anilines is 2. The number of rotatable bonds is 3. The van der Waals surface area contributed by atoms with Crippen LogP contribution in [0.15, 0.2) is 12.1 Å². The van der Waals surface area contributed by atoms with Gasteiger partial charge in [0, 0.05) is 12.1 Å². The second-order valence-corrected chi connectivity index (χ2v) is 7.23. The van der Waals surface area contributed by atoms with Crippen LogP contribution in [0.5, 0.6) is 0 Å². The molecule has 1 aromatic rings. The molecule has 1 rings (SSSR count). The predicted molar refractivity (Wildman–Crippen MR) is 86.3 cm³/mol. The van der Waals surface area contributed by atoms with Gasteiger partial charge in [-0.2, -0.15) is 0 Å². The lowest BCUT2D eigenvalue weighted by Crippen LogP contribution is -2.48. The number of carbonyl (C=O) groups is 1. The number of carbonyl (C=O) groups excluding carboxylic acids is 1. The minimum atomic E-state index is -1.86. The molecule has 0 aliphatic carbocycles.